The Bertz CT molecular complexity index is 496. The van der Waals surface area contributed by atoms with Crippen molar-refractivity contribution in [2.75, 3.05) is 12.4 Å². The summed E-state index contributed by atoms with van der Waals surface area (Å²) in [5.41, 5.74) is 0.879. The van der Waals surface area contributed by atoms with Crippen LogP contribution in [-0.4, -0.2) is 33.2 Å². The van der Waals surface area contributed by atoms with Gasteiger partial charge in [0.1, 0.15) is 0 Å². The standard InChI is InChI=1S/C10H11N5O2/c1-17-10-13-9(14-15-10)12-8(16)6-7-2-4-11-5-3-7/h2-5H,6H2,1H3,(H2,12,13,14,15,16). The van der Waals surface area contributed by atoms with E-state index in [2.05, 4.69) is 25.5 Å². The highest BCUT2D eigenvalue weighted by Crippen LogP contribution is 2.05. The monoisotopic (exact) mass is 233 g/mol. The summed E-state index contributed by atoms with van der Waals surface area (Å²) in [7, 11) is 1.45. The van der Waals surface area contributed by atoms with Crippen molar-refractivity contribution in [2.24, 2.45) is 0 Å². The Morgan fingerprint density at radius 3 is 2.88 bits per heavy atom. The van der Waals surface area contributed by atoms with Gasteiger partial charge in [0, 0.05) is 12.4 Å². The van der Waals surface area contributed by atoms with E-state index in [1.807, 2.05) is 0 Å². The summed E-state index contributed by atoms with van der Waals surface area (Å²) in [6, 6.07) is 3.74. The van der Waals surface area contributed by atoms with Crippen molar-refractivity contribution in [1.29, 1.82) is 0 Å². The summed E-state index contributed by atoms with van der Waals surface area (Å²) in [5.74, 6) is 0.0795. The molecule has 0 aliphatic heterocycles. The molecule has 7 nitrogen and oxygen atoms in total. The SMILES string of the molecule is COc1n[nH]c(NC(=O)Cc2ccncc2)n1. The molecule has 2 aromatic rings. The van der Waals surface area contributed by atoms with Gasteiger partial charge in [-0.25, -0.2) is 5.10 Å². The lowest BCUT2D eigenvalue weighted by atomic mass is 10.2. The minimum atomic E-state index is -0.185. The number of nitrogens with zero attached hydrogens (tertiary/aromatic N) is 3. The van der Waals surface area contributed by atoms with Crippen LogP contribution < -0.4 is 10.1 Å². The molecular weight excluding hydrogens is 222 g/mol. The minimum Gasteiger partial charge on any atom is -0.466 e. The molecule has 0 fully saturated rings. The molecule has 0 saturated heterocycles. The van der Waals surface area contributed by atoms with E-state index in [-0.39, 0.29) is 24.3 Å². The number of anilines is 1. The minimum absolute atomic E-state index is 0.184. The second-order valence-corrected chi connectivity index (χ2v) is 3.25. The topological polar surface area (TPSA) is 92.8 Å². The van der Waals surface area contributed by atoms with Crippen LogP contribution in [-0.2, 0) is 11.2 Å². The Morgan fingerprint density at radius 1 is 1.47 bits per heavy atom. The van der Waals surface area contributed by atoms with Gasteiger partial charge < -0.3 is 4.74 Å². The van der Waals surface area contributed by atoms with E-state index >= 15 is 0 Å². The molecule has 2 heterocycles. The average Bonchev–Trinajstić information content (AvgIpc) is 2.78. The fraction of sp³-hybridized carbons (Fsp3) is 0.200. The Balaban J connectivity index is 1.93. The second kappa shape index (κ2) is 5.06. The molecule has 0 radical (unpaired) electrons. The first kappa shape index (κ1) is 11.1. The van der Waals surface area contributed by atoms with Crippen molar-refractivity contribution >= 4 is 11.9 Å². The number of pyridine rings is 1. The van der Waals surface area contributed by atoms with Crippen LogP contribution in [0.1, 0.15) is 5.56 Å². The molecule has 0 spiro atoms. The predicted octanol–water partition coefficient (Wildman–Crippen LogP) is 0.389. The molecule has 0 saturated carbocycles. The third-order valence-electron chi connectivity index (χ3n) is 2.02. The normalized spacial score (nSPS) is 9.94. The molecule has 0 aliphatic carbocycles. The van der Waals surface area contributed by atoms with Crippen LogP contribution >= 0.6 is 0 Å². The third-order valence-corrected chi connectivity index (χ3v) is 2.02. The van der Waals surface area contributed by atoms with Crippen LogP contribution in [0.4, 0.5) is 5.95 Å². The zero-order valence-electron chi connectivity index (χ0n) is 9.17. The van der Waals surface area contributed by atoms with Crippen LogP contribution in [0.5, 0.6) is 6.01 Å². The Labute approximate surface area is 97.2 Å². The summed E-state index contributed by atoms with van der Waals surface area (Å²) < 4.78 is 4.78. The predicted molar refractivity (Wildman–Crippen MR) is 59.5 cm³/mol. The molecule has 2 N–H and O–H groups in total. The van der Waals surface area contributed by atoms with Gasteiger partial charge in [-0.3, -0.25) is 15.1 Å². The largest absolute Gasteiger partial charge is 0.466 e. The van der Waals surface area contributed by atoms with Crippen molar-refractivity contribution in [3.05, 3.63) is 30.1 Å². The first-order valence-electron chi connectivity index (χ1n) is 4.93. The molecule has 0 aliphatic rings. The van der Waals surface area contributed by atoms with Crippen molar-refractivity contribution in [2.45, 2.75) is 6.42 Å². The smallest absolute Gasteiger partial charge is 0.336 e. The second-order valence-electron chi connectivity index (χ2n) is 3.25. The maximum Gasteiger partial charge on any atom is 0.336 e. The number of aromatic nitrogens is 4. The van der Waals surface area contributed by atoms with Crippen LogP contribution in [0.3, 0.4) is 0 Å². The van der Waals surface area contributed by atoms with Gasteiger partial charge in [0.15, 0.2) is 0 Å². The van der Waals surface area contributed by atoms with Gasteiger partial charge in [0.2, 0.25) is 11.9 Å². The van der Waals surface area contributed by atoms with Gasteiger partial charge >= 0.3 is 6.01 Å². The van der Waals surface area contributed by atoms with Crippen molar-refractivity contribution in [3.63, 3.8) is 0 Å². The lowest BCUT2D eigenvalue weighted by Gasteiger charge is -2.00. The number of aromatic amines is 1. The van der Waals surface area contributed by atoms with Gasteiger partial charge in [0.25, 0.3) is 0 Å². The van der Waals surface area contributed by atoms with E-state index in [0.29, 0.717) is 0 Å². The highest BCUT2D eigenvalue weighted by atomic mass is 16.5. The van der Waals surface area contributed by atoms with Gasteiger partial charge in [0.05, 0.1) is 13.5 Å². The molecule has 0 unspecified atom stereocenters. The summed E-state index contributed by atoms with van der Waals surface area (Å²) in [4.78, 5) is 19.4. The molecule has 17 heavy (non-hydrogen) atoms. The van der Waals surface area contributed by atoms with Crippen molar-refractivity contribution in [3.8, 4) is 6.01 Å². The van der Waals surface area contributed by atoms with E-state index in [4.69, 9.17) is 4.74 Å². The summed E-state index contributed by atoms with van der Waals surface area (Å²) in [5, 5.41) is 8.83. The fourth-order valence-electron chi connectivity index (χ4n) is 1.26. The number of amides is 1. The molecule has 88 valence electrons. The first-order chi connectivity index (χ1) is 8.28. The van der Waals surface area contributed by atoms with Crippen molar-refractivity contribution in [1.82, 2.24) is 20.2 Å². The number of H-pyrrole nitrogens is 1. The van der Waals surface area contributed by atoms with E-state index < -0.39 is 0 Å². The molecule has 0 aromatic carbocycles. The maximum absolute atomic E-state index is 11.6. The van der Waals surface area contributed by atoms with Crippen LogP contribution in [0.15, 0.2) is 24.5 Å². The lowest BCUT2D eigenvalue weighted by Crippen LogP contribution is -2.15. The molecule has 1 amide bonds. The third kappa shape index (κ3) is 3.00. The number of carbonyl (C=O) groups excluding carboxylic acids is 1. The van der Waals surface area contributed by atoms with Crippen LogP contribution in [0.25, 0.3) is 0 Å². The van der Waals surface area contributed by atoms with Crippen LogP contribution in [0, 0.1) is 0 Å². The van der Waals surface area contributed by atoms with E-state index in [9.17, 15) is 4.79 Å². The van der Waals surface area contributed by atoms with E-state index in [1.54, 1.807) is 24.5 Å². The number of hydrogen-bond donors (Lipinski definition) is 2. The quantitative estimate of drug-likeness (QED) is 0.796. The Hall–Kier alpha value is -2.44. The van der Waals surface area contributed by atoms with Gasteiger partial charge in [-0.2, -0.15) is 4.98 Å². The number of carbonyl (C=O) groups is 1. The maximum atomic E-state index is 11.6. The lowest BCUT2D eigenvalue weighted by molar-refractivity contribution is -0.115. The number of nitrogens with one attached hydrogen (secondary N) is 2. The molecule has 7 heteroatoms. The highest BCUT2D eigenvalue weighted by Gasteiger charge is 2.07. The van der Waals surface area contributed by atoms with Crippen molar-refractivity contribution < 1.29 is 9.53 Å². The number of rotatable bonds is 4. The summed E-state index contributed by atoms with van der Waals surface area (Å²) in [6.07, 6.45) is 3.53. The Kier molecular flexibility index (Phi) is 3.29. The summed E-state index contributed by atoms with van der Waals surface area (Å²) >= 11 is 0. The van der Waals surface area contributed by atoms with E-state index in [0.717, 1.165) is 5.56 Å². The average molecular weight is 233 g/mol. The Morgan fingerprint density at radius 2 is 2.24 bits per heavy atom. The van der Waals surface area contributed by atoms with E-state index in [1.165, 1.54) is 7.11 Å². The fourth-order valence-corrected chi connectivity index (χ4v) is 1.26. The van der Waals surface area contributed by atoms with Gasteiger partial charge in [-0.05, 0) is 17.7 Å². The molecule has 2 aromatic heterocycles. The molecular formula is C10H11N5O2. The number of methoxy groups -OCH3 is 1. The zero-order chi connectivity index (χ0) is 12.1. The van der Waals surface area contributed by atoms with Crippen LogP contribution in [0.2, 0.25) is 0 Å². The highest BCUT2D eigenvalue weighted by molar-refractivity contribution is 5.90. The summed E-state index contributed by atoms with van der Waals surface area (Å²) in [6.45, 7) is 0. The molecule has 0 atom stereocenters. The number of hydrogen-bond acceptors (Lipinski definition) is 5. The van der Waals surface area contributed by atoms with Gasteiger partial charge in [-0.1, -0.05) is 0 Å². The molecule has 0 bridgehead atoms. The molecule has 2 rings (SSSR count). The zero-order valence-corrected chi connectivity index (χ0v) is 9.17. The van der Waals surface area contributed by atoms with Gasteiger partial charge in [-0.15, -0.1) is 5.10 Å². The first-order valence-corrected chi connectivity index (χ1v) is 4.93. The number of ether oxygens (including phenoxy) is 1.